The second kappa shape index (κ2) is 6.92. The Hall–Kier alpha value is -2.54. The van der Waals surface area contributed by atoms with Crippen LogP contribution >= 0.6 is 11.8 Å². The number of thioether (sulfide) groups is 1. The number of carbonyl (C=O) groups excluding carboxylic acids is 1. The Morgan fingerprint density at radius 1 is 1.38 bits per heavy atom. The molecule has 0 bridgehead atoms. The van der Waals surface area contributed by atoms with Crippen molar-refractivity contribution in [3.63, 3.8) is 0 Å². The number of carbonyl (C=O) groups is 1. The molecule has 124 valence electrons. The topological polar surface area (TPSA) is 84.1 Å². The van der Waals surface area contributed by atoms with Crippen LogP contribution in [-0.4, -0.2) is 28.7 Å². The number of benzene rings is 1. The summed E-state index contributed by atoms with van der Waals surface area (Å²) < 4.78 is 5.15. The molecule has 0 spiro atoms. The molecular weight excluding hydrogens is 326 g/mol. The number of aromatic amines is 1. The van der Waals surface area contributed by atoms with Gasteiger partial charge in [0.05, 0.1) is 12.7 Å². The molecule has 6 nitrogen and oxygen atoms in total. The molecular formula is C17H17N3O3S. The van der Waals surface area contributed by atoms with E-state index in [0.717, 1.165) is 11.3 Å². The van der Waals surface area contributed by atoms with Gasteiger partial charge in [0, 0.05) is 18.1 Å². The minimum Gasteiger partial charge on any atom is -0.497 e. The van der Waals surface area contributed by atoms with Crippen molar-refractivity contribution < 1.29 is 9.53 Å². The minimum atomic E-state index is -0.325. The van der Waals surface area contributed by atoms with Gasteiger partial charge in [0.15, 0.2) is 5.16 Å². The highest BCUT2D eigenvalue weighted by Crippen LogP contribution is 2.34. The Labute approximate surface area is 143 Å². The lowest BCUT2D eigenvalue weighted by atomic mass is 9.87. The van der Waals surface area contributed by atoms with Crippen LogP contribution in [0.2, 0.25) is 0 Å². The van der Waals surface area contributed by atoms with Crippen LogP contribution in [-0.2, 0) is 4.79 Å². The lowest BCUT2D eigenvalue weighted by Gasteiger charge is -2.24. The van der Waals surface area contributed by atoms with Crippen molar-refractivity contribution in [2.45, 2.75) is 17.5 Å². The minimum absolute atomic E-state index is 0.152. The number of hydrogen-bond donors (Lipinski definition) is 2. The van der Waals surface area contributed by atoms with Crippen LogP contribution < -0.4 is 15.6 Å². The molecule has 1 atom stereocenters. The fraction of sp³-hybridized carbons (Fsp3) is 0.235. The summed E-state index contributed by atoms with van der Waals surface area (Å²) in [5.41, 5.74) is 1.14. The zero-order chi connectivity index (χ0) is 17.1. The van der Waals surface area contributed by atoms with Gasteiger partial charge in [0.1, 0.15) is 11.6 Å². The van der Waals surface area contributed by atoms with E-state index in [1.807, 2.05) is 24.3 Å². The van der Waals surface area contributed by atoms with Gasteiger partial charge in [-0.1, -0.05) is 30.0 Å². The summed E-state index contributed by atoms with van der Waals surface area (Å²) in [5.74, 6) is 1.21. The average Bonchev–Trinajstić information content (AvgIpc) is 2.59. The number of aromatic nitrogens is 2. The standard InChI is InChI=1S/C17H17N3O3S/c1-3-8-24-17-19-15-14(16(22)20-17)12(9-13(21)18-15)10-4-6-11(23-2)7-5-10/h3-7,12H,1,8-9H2,2H3,(H2,18,19,20,21,22). The quantitative estimate of drug-likeness (QED) is 0.495. The number of rotatable bonds is 5. The van der Waals surface area contributed by atoms with Gasteiger partial charge in [-0.15, -0.1) is 6.58 Å². The predicted octanol–water partition coefficient (Wildman–Crippen LogP) is 2.53. The Morgan fingerprint density at radius 3 is 2.79 bits per heavy atom. The molecule has 2 N–H and O–H groups in total. The highest BCUT2D eigenvalue weighted by Gasteiger charge is 2.30. The first kappa shape index (κ1) is 16.3. The van der Waals surface area contributed by atoms with Crippen LogP contribution in [0.25, 0.3) is 0 Å². The summed E-state index contributed by atoms with van der Waals surface area (Å²) in [6.07, 6.45) is 1.94. The first-order valence-electron chi connectivity index (χ1n) is 7.44. The van der Waals surface area contributed by atoms with Crippen molar-refractivity contribution in [1.82, 2.24) is 9.97 Å². The molecule has 24 heavy (non-hydrogen) atoms. The number of nitrogens with zero attached hydrogens (tertiary/aromatic N) is 1. The molecule has 7 heteroatoms. The molecule has 1 unspecified atom stereocenters. The maximum Gasteiger partial charge on any atom is 0.257 e. The molecule has 0 saturated carbocycles. The number of fused-ring (bicyclic) bond motifs is 1. The normalized spacial score (nSPS) is 16.2. The Bertz CT molecular complexity index is 830. The molecule has 1 aromatic carbocycles. The molecule has 3 rings (SSSR count). The van der Waals surface area contributed by atoms with Crippen LogP contribution in [0.15, 0.2) is 46.9 Å². The van der Waals surface area contributed by atoms with Gasteiger partial charge in [0.25, 0.3) is 5.56 Å². The third-order valence-electron chi connectivity index (χ3n) is 3.79. The van der Waals surface area contributed by atoms with Crippen LogP contribution in [0, 0.1) is 0 Å². The molecule has 1 aromatic heterocycles. The molecule has 2 aromatic rings. The van der Waals surface area contributed by atoms with Crippen molar-refractivity contribution in [3.05, 3.63) is 58.4 Å². The fourth-order valence-corrected chi connectivity index (χ4v) is 3.27. The first-order chi connectivity index (χ1) is 11.6. The van der Waals surface area contributed by atoms with Crippen LogP contribution in [0.1, 0.15) is 23.5 Å². The monoisotopic (exact) mass is 343 g/mol. The molecule has 0 radical (unpaired) electrons. The summed E-state index contributed by atoms with van der Waals surface area (Å²) in [4.78, 5) is 31.8. The number of anilines is 1. The number of methoxy groups -OCH3 is 1. The first-order valence-corrected chi connectivity index (χ1v) is 8.42. The third-order valence-corrected chi connectivity index (χ3v) is 4.65. The van der Waals surface area contributed by atoms with Crippen molar-refractivity contribution >= 4 is 23.5 Å². The summed E-state index contributed by atoms with van der Waals surface area (Å²) in [6.45, 7) is 3.64. The van der Waals surface area contributed by atoms with Gasteiger partial charge in [0.2, 0.25) is 5.91 Å². The lowest BCUT2D eigenvalue weighted by molar-refractivity contribution is -0.116. The Morgan fingerprint density at radius 2 is 2.12 bits per heavy atom. The van der Waals surface area contributed by atoms with Gasteiger partial charge in [-0.3, -0.25) is 9.59 Å². The summed E-state index contributed by atoms with van der Waals surface area (Å²) in [5, 5.41) is 3.17. The number of nitrogens with one attached hydrogen (secondary N) is 2. The zero-order valence-corrected chi connectivity index (χ0v) is 14.0. The molecule has 2 heterocycles. The number of ether oxygens (including phenoxy) is 1. The molecule has 0 aliphatic carbocycles. The van der Waals surface area contributed by atoms with Crippen molar-refractivity contribution in [2.75, 3.05) is 18.2 Å². The van der Waals surface area contributed by atoms with E-state index in [4.69, 9.17) is 4.74 Å². The number of H-pyrrole nitrogens is 1. The molecule has 1 aliphatic rings. The van der Waals surface area contributed by atoms with Gasteiger partial charge < -0.3 is 15.0 Å². The largest absolute Gasteiger partial charge is 0.497 e. The van der Waals surface area contributed by atoms with Crippen molar-refractivity contribution in [1.29, 1.82) is 0 Å². The lowest BCUT2D eigenvalue weighted by Crippen LogP contribution is -2.31. The second-order valence-electron chi connectivity index (χ2n) is 5.31. The smallest absolute Gasteiger partial charge is 0.257 e. The van der Waals surface area contributed by atoms with E-state index in [1.165, 1.54) is 11.8 Å². The summed E-state index contributed by atoms with van der Waals surface area (Å²) >= 11 is 1.36. The van der Waals surface area contributed by atoms with E-state index < -0.39 is 0 Å². The van der Waals surface area contributed by atoms with E-state index in [-0.39, 0.29) is 23.8 Å². The molecule has 0 saturated heterocycles. The third kappa shape index (κ3) is 3.21. The van der Waals surface area contributed by atoms with Gasteiger partial charge in [-0.25, -0.2) is 4.98 Å². The SMILES string of the molecule is C=CCSc1nc2c(c(=O)[nH]1)C(c1ccc(OC)cc1)CC(=O)N2. The van der Waals surface area contributed by atoms with Gasteiger partial charge in [-0.2, -0.15) is 0 Å². The van der Waals surface area contributed by atoms with Crippen LogP contribution in [0.4, 0.5) is 5.82 Å². The van der Waals surface area contributed by atoms with E-state index in [1.54, 1.807) is 13.2 Å². The Kier molecular flexibility index (Phi) is 4.71. The van der Waals surface area contributed by atoms with Gasteiger partial charge >= 0.3 is 0 Å². The van der Waals surface area contributed by atoms with Crippen molar-refractivity contribution in [2.24, 2.45) is 0 Å². The van der Waals surface area contributed by atoms with E-state index in [2.05, 4.69) is 21.9 Å². The van der Waals surface area contributed by atoms with Gasteiger partial charge in [-0.05, 0) is 17.7 Å². The molecule has 0 fully saturated rings. The van der Waals surface area contributed by atoms with E-state index in [0.29, 0.717) is 22.3 Å². The summed E-state index contributed by atoms with van der Waals surface area (Å²) in [6, 6.07) is 7.37. The summed E-state index contributed by atoms with van der Waals surface area (Å²) in [7, 11) is 1.59. The average molecular weight is 343 g/mol. The zero-order valence-electron chi connectivity index (χ0n) is 13.2. The van der Waals surface area contributed by atoms with Crippen molar-refractivity contribution in [3.8, 4) is 5.75 Å². The highest BCUT2D eigenvalue weighted by molar-refractivity contribution is 7.99. The second-order valence-corrected chi connectivity index (χ2v) is 6.32. The Balaban J connectivity index is 2.03. The predicted molar refractivity (Wildman–Crippen MR) is 93.9 cm³/mol. The maximum atomic E-state index is 12.6. The number of hydrogen-bond acceptors (Lipinski definition) is 5. The van der Waals surface area contributed by atoms with E-state index >= 15 is 0 Å². The van der Waals surface area contributed by atoms with E-state index in [9.17, 15) is 9.59 Å². The maximum absolute atomic E-state index is 12.6. The molecule has 1 aliphatic heterocycles. The highest BCUT2D eigenvalue weighted by atomic mass is 32.2. The molecule has 1 amide bonds. The number of amides is 1. The van der Waals surface area contributed by atoms with Crippen LogP contribution in [0.3, 0.4) is 0 Å². The van der Waals surface area contributed by atoms with Crippen LogP contribution in [0.5, 0.6) is 5.75 Å². The fourth-order valence-electron chi connectivity index (χ4n) is 2.68.